The molecule has 0 aliphatic heterocycles. The lowest BCUT2D eigenvalue weighted by atomic mass is 9.93. The van der Waals surface area contributed by atoms with Gasteiger partial charge in [0.15, 0.2) is 0 Å². The summed E-state index contributed by atoms with van der Waals surface area (Å²) in [5.74, 6) is 0. The lowest BCUT2D eigenvalue weighted by molar-refractivity contribution is -0.0396. The summed E-state index contributed by atoms with van der Waals surface area (Å²) in [5.41, 5.74) is 5.76. The second kappa shape index (κ2) is 8.82. The molecule has 0 aromatic carbocycles. The molecule has 5 heteroatoms. The van der Waals surface area contributed by atoms with Crippen molar-refractivity contribution in [2.45, 2.75) is 33.0 Å². The zero-order valence-corrected chi connectivity index (χ0v) is 12.5. The lowest BCUT2D eigenvalue weighted by Gasteiger charge is -2.30. The van der Waals surface area contributed by atoms with E-state index in [2.05, 4.69) is 18.7 Å². The van der Waals surface area contributed by atoms with Gasteiger partial charge in [0.05, 0.1) is 25.4 Å². The lowest BCUT2D eigenvalue weighted by Crippen LogP contribution is -2.41. The molecule has 0 amide bonds. The van der Waals surface area contributed by atoms with Crippen molar-refractivity contribution in [3.8, 4) is 0 Å². The molecular formula is C13H30N2O3. The maximum atomic E-state index is 9.87. The molecule has 5 nitrogen and oxygen atoms in total. The fraction of sp³-hybridized carbons (Fsp3) is 1.00. The van der Waals surface area contributed by atoms with Gasteiger partial charge in [-0.05, 0) is 25.9 Å². The summed E-state index contributed by atoms with van der Waals surface area (Å²) in [6.07, 6.45) is -0.474. The minimum absolute atomic E-state index is 0.00967. The molecule has 0 bridgehead atoms. The van der Waals surface area contributed by atoms with Gasteiger partial charge >= 0.3 is 0 Å². The zero-order chi connectivity index (χ0) is 14.2. The Balaban J connectivity index is 3.83. The number of rotatable bonds is 10. The van der Waals surface area contributed by atoms with Crippen molar-refractivity contribution in [2.24, 2.45) is 11.1 Å². The molecule has 0 aliphatic carbocycles. The molecule has 0 saturated heterocycles. The van der Waals surface area contributed by atoms with E-state index in [1.165, 1.54) is 0 Å². The van der Waals surface area contributed by atoms with Crippen molar-refractivity contribution in [1.29, 1.82) is 0 Å². The number of nitrogens with two attached hydrogens (primary N) is 1. The van der Waals surface area contributed by atoms with Crippen molar-refractivity contribution in [2.75, 3.05) is 47.0 Å². The van der Waals surface area contributed by atoms with Gasteiger partial charge < -0.3 is 25.2 Å². The van der Waals surface area contributed by atoms with E-state index in [0.29, 0.717) is 26.3 Å². The third-order valence-corrected chi connectivity index (χ3v) is 2.75. The van der Waals surface area contributed by atoms with E-state index in [-0.39, 0.29) is 11.5 Å². The molecule has 0 fully saturated rings. The number of likely N-dealkylation sites (N-methyl/N-ethyl adjacent to an activating group) is 1. The van der Waals surface area contributed by atoms with Crippen molar-refractivity contribution < 1.29 is 14.6 Å². The average molecular weight is 262 g/mol. The average Bonchev–Trinajstić information content (AvgIpc) is 2.26. The van der Waals surface area contributed by atoms with Crippen molar-refractivity contribution in [1.82, 2.24) is 4.90 Å². The molecule has 110 valence electrons. The summed E-state index contributed by atoms with van der Waals surface area (Å²) in [5, 5.41) is 9.87. The Hall–Kier alpha value is -0.200. The van der Waals surface area contributed by atoms with Crippen molar-refractivity contribution >= 4 is 0 Å². The van der Waals surface area contributed by atoms with Crippen LogP contribution in [-0.4, -0.2) is 69.2 Å². The molecule has 0 spiro atoms. The molecule has 2 atom stereocenters. The van der Waals surface area contributed by atoms with E-state index in [0.717, 1.165) is 6.54 Å². The van der Waals surface area contributed by atoms with Gasteiger partial charge in [0.25, 0.3) is 0 Å². The normalized spacial score (nSPS) is 16.0. The Morgan fingerprint density at radius 3 is 2.44 bits per heavy atom. The summed E-state index contributed by atoms with van der Waals surface area (Å²) in [6.45, 7) is 9.12. The molecule has 18 heavy (non-hydrogen) atoms. The highest BCUT2D eigenvalue weighted by Crippen LogP contribution is 2.13. The van der Waals surface area contributed by atoms with E-state index < -0.39 is 6.10 Å². The zero-order valence-electron chi connectivity index (χ0n) is 12.5. The number of methoxy groups -OCH3 is 1. The molecule has 2 unspecified atom stereocenters. The number of nitrogens with zero attached hydrogens (tertiary/aromatic N) is 1. The van der Waals surface area contributed by atoms with Crippen LogP contribution in [0.5, 0.6) is 0 Å². The van der Waals surface area contributed by atoms with Crippen LogP contribution in [0.2, 0.25) is 0 Å². The highest BCUT2D eigenvalue weighted by Gasteiger charge is 2.19. The predicted octanol–water partition coefficient (Wildman–Crippen LogP) is 0.316. The van der Waals surface area contributed by atoms with Gasteiger partial charge in [-0.15, -0.1) is 0 Å². The summed E-state index contributed by atoms with van der Waals surface area (Å²) in [7, 11) is 3.62. The van der Waals surface area contributed by atoms with Crippen LogP contribution in [0.25, 0.3) is 0 Å². The van der Waals surface area contributed by atoms with Crippen LogP contribution in [-0.2, 0) is 9.47 Å². The maximum absolute atomic E-state index is 9.87. The van der Waals surface area contributed by atoms with Crippen LogP contribution in [0.4, 0.5) is 0 Å². The van der Waals surface area contributed by atoms with Crippen LogP contribution in [0, 0.1) is 5.41 Å². The first kappa shape index (κ1) is 17.8. The van der Waals surface area contributed by atoms with E-state index in [4.69, 9.17) is 15.2 Å². The van der Waals surface area contributed by atoms with Gasteiger partial charge in [0, 0.05) is 20.2 Å². The van der Waals surface area contributed by atoms with Gasteiger partial charge in [-0.1, -0.05) is 13.8 Å². The van der Waals surface area contributed by atoms with Crippen molar-refractivity contribution in [3.05, 3.63) is 0 Å². The van der Waals surface area contributed by atoms with Crippen LogP contribution in [0.15, 0.2) is 0 Å². The second-order valence-corrected chi connectivity index (χ2v) is 5.82. The third-order valence-electron chi connectivity index (χ3n) is 2.75. The fourth-order valence-electron chi connectivity index (χ4n) is 1.83. The number of hydrogen-bond donors (Lipinski definition) is 2. The van der Waals surface area contributed by atoms with Gasteiger partial charge in [-0.25, -0.2) is 0 Å². The minimum Gasteiger partial charge on any atom is -0.389 e. The topological polar surface area (TPSA) is 68.0 Å². The summed E-state index contributed by atoms with van der Waals surface area (Å²) < 4.78 is 10.4. The Labute approximate surface area is 111 Å². The number of hydrogen-bond acceptors (Lipinski definition) is 5. The Kier molecular flexibility index (Phi) is 8.73. The summed E-state index contributed by atoms with van der Waals surface area (Å²) in [4.78, 5) is 2.09. The van der Waals surface area contributed by atoms with E-state index in [1.807, 2.05) is 14.0 Å². The van der Waals surface area contributed by atoms with Gasteiger partial charge in [0.2, 0.25) is 0 Å². The molecule has 0 aliphatic rings. The van der Waals surface area contributed by atoms with E-state index in [9.17, 15) is 5.11 Å². The van der Waals surface area contributed by atoms with Crippen molar-refractivity contribution in [3.63, 3.8) is 0 Å². The quantitative estimate of drug-likeness (QED) is 0.593. The van der Waals surface area contributed by atoms with Gasteiger partial charge in [-0.2, -0.15) is 0 Å². The van der Waals surface area contributed by atoms with Crippen LogP contribution < -0.4 is 5.73 Å². The fourth-order valence-corrected chi connectivity index (χ4v) is 1.83. The molecule has 0 saturated carbocycles. The standard InChI is InChI=1S/C13H30N2O3/c1-11(7-17-5)18-8-12(16)6-15(4)10-13(2,3)9-14/h11-12,16H,6-10,14H2,1-5H3. The smallest absolute Gasteiger partial charge is 0.0900 e. The molecule has 0 heterocycles. The molecule has 0 aromatic heterocycles. The summed E-state index contributed by atoms with van der Waals surface area (Å²) >= 11 is 0. The first-order valence-electron chi connectivity index (χ1n) is 6.48. The van der Waals surface area contributed by atoms with Crippen LogP contribution in [0.3, 0.4) is 0 Å². The van der Waals surface area contributed by atoms with Crippen LogP contribution >= 0.6 is 0 Å². The number of aliphatic hydroxyl groups is 1. The minimum atomic E-state index is -0.483. The maximum Gasteiger partial charge on any atom is 0.0900 e. The third kappa shape index (κ3) is 8.83. The highest BCUT2D eigenvalue weighted by molar-refractivity contribution is 4.74. The van der Waals surface area contributed by atoms with E-state index >= 15 is 0 Å². The number of aliphatic hydroxyl groups excluding tert-OH is 1. The molecular weight excluding hydrogens is 232 g/mol. The first-order valence-corrected chi connectivity index (χ1v) is 6.48. The van der Waals surface area contributed by atoms with E-state index in [1.54, 1.807) is 7.11 Å². The molecule has 0 rings (SSSR count). The first-order chi connectivity index (χ1) is 8.30. The van der Waals surface area contributed by atoms with Crippen LogP contribution in [0.1, 0.15) is 20.8 Å². The predicted molar refractivity (Wildman–Crippen MR) is 73.6 cm³/mol. The SMILES string of the molecule is COCC(C)OCC(O)CN(C)CC(C)(C)CN. The summed E-state index contributed by atoms with van der Waals surface area (Å²) in [6, 6.07) is 0. The Morgan fingerprint density at radius 1 is 1.33 bits per heavy atom. The second-order valence-electron chi connectivity index (χ2n) is 5.82. The Bertz CT molecular complexity index is 212. The van der Waals surface area contributed by atoms with Gasteiger partial charge in [-0.3, -0.25) is 0 Å². The monoisotopic (exact) mass is 262 g/mol. The molecule has 0 aromatic rings. The van der Waals surface area contributed by atoms with Gasteiger partial charge in [0.1, 0.15) is 0 Å². The molecule has 3 N–H and O–H groups in total. The Morgan fingerprint density at radius 2 is 1.94 bits per heavy atom. The molecule has 0 radical (unpaired) electrons. The largest absolute Gasteiger partial charge is 0.389 e. The highest BCUT2D eigenvalue weighted by atomic mass is 16.5. The number of ether oxygens (including phenoxy) is 2.